The van der Waals surface area contributed by atoms with E-state index < -0.39 is 17.1 Å². The van der Waals surface area contributed by atoms with Crippen LogP contribution in [0.5, 0.6) is 0 Å². The van der Waals surface area contributed by atoms with Crippen LogP contribution in [0.3, 0.4) is 0 Å². The highest BCUT2D eigenvalue weighted by Gasteiger charge is 2.28. The third kappa shape index (κ3) is 5.55. The van der Waals surface area contributed by atoms with Gasteiger partial charge in [0.2, 0.25) is 5.91 Å². The standard InChI is InChI=1S/C10H21N3O3/c1-9(2,3)16-8(15)12-6-10(4,5)7(14)13-11/h6,11H2,1-5H3,(H,12,15)(H,13,14). The minimum absolute atomic E-state index is 0.158. The molecule has 0 unspecified atom stereocenters. The van der Waals surface area contributed by atoms with Crippen molar-refractivity contribution in [1.82, 2.24) is 10.7 Å². The highest BCUT2D eigenvalue weighted by molar-refractivity contribution is 5.82. The van der Waals surface area contributed by atoms with Gasteiger partial charge in [-0.25, -0.2) is 10.6 Å². The lowest BCUT2D eigenvalue weighted by Crippen LogP contribution is -2.47. The van der Waals surface area contributed by atoms with Crippen LogP contribution >= 0.6 is 0 Å². The van der Waals surface area contributed by atoms with Gasteiger partial charge < -0.3 is 10.1 Å². The maximum Gasteiger partial charge on any atom is 0.407 e. The summed E-state index contributed by atoms with van der Waals surface area (Å²) in [6, 6.07) is 0. The van der Waals surface area contributed by atoms with Crippen molar-refractivity contribution in [1.29, 1.82) is 0 Å². The highest BCUT2D eigenvalue weighted by Crippen LogP contribution is 2.13. The molecule has 6 heteroatoms. The Labute approximate surface area is 95.9 Å². The van der Waals surface area contributed by atoms with Crippen LogP contribution in [0.15, 0.2) is 0 Å². The van der Waals surface area contributed by atoms with Gasteiger partial charge in [0.25, 0.3) is 0 Å². The predicted octanol–water partition coefficient (Wildman–Crippen LogP) is 0.527. The van der Waals surface area contributed by atoms with Gasteiger partial charge in [-0.05, 0) is 34.6 Å². The van der Waals surface area contributed by atoms with E-state index in [9.17, 15) is 9.59 Å². The van der Waals surface area contributed by atoms with Crippen molar-refractivity contribution in [2.45, 2.75) is 40.2 Å². The average molecular weight is 231 g/mol. The molecule has 0 saturated heterocycles. The Balaban J connectivity index is 4.15. The van der Waals surface area contributed by atoms with Crippen LogP contribution in [0, 0.1) is 5.41 Å². The van der Waals surface area contributed by atoms with E-state index in [0.717, 1.165) is 0 Å². The van der Waals surface area contributed by atoms with Crippen LogP contribution < -0.4 is 16.6 Å². The minimum atomic E-state index is -0.772. The number of rotatable bonds is 3. The Bertz CT molecular complexity index is 269. The molecule has 0 spiro atoms. The Hall–Kier alpha value is -1.30. The van der Waals surface area contributed by atoms with E-state index in [1.165, 1.54) is 0 Å². The molecule has 0 aliphatic rings. The van der Waals surface area contributed by atoms with E-state index in [4.69, 9.17) is 10.6 Å². The lowest BCUT2D eigenvalue weighted by Gasteiger charge is -2.24. The first-order valence-electron chi connectivity index (χ1n) is 5.06. The van der Waals surface area contributed by atoms with Crippen LogP contribution in [0.25, 0.3) is 0 Å². The molecule has 0 bridgehead atoms. The van der Waals surface area contributed by atoms with Crippen LogP contribution in [-0.4, -0.2) is 24.1 Å². The summed E-state index contributed by atoms with van der Waals surface area (Å²) in [7, 11) is 0. The normalized spacial score (nSPS) is 11.9. The summed E-state index contributed by atoms with van der Waals surface area (Å²) in [5.41, 5.74) is 0.723. The zero-order chi connectivity index (χ0) is 13.0. The van der Waals surface area contributed by atoms with Gasteiger partial charge in [-0.3, -0.25) is 10.2 Å². The Morgan fingerprint density at radius 3 is 2.06 bits per heavy atom. The quantitative estimate of drug-likeness (QED) is 0.375. The van der Waals surface area contributed by atoms with E-state index in [2.05, 4.69) is 5.32 Å². The smallest absolute Gasteiger partial charge is 0.407 e. The molecule has 0 aromatic rings. The Kier molecular flexibility index (Phi) is 4.74. The van der Waals surface area contributed by atoms with Crippen molar-refractivity contribution in [2.24, 2.45) is 11.3 Å². The van der Waals surface area contributed by atoms with Gasteiger partial charge in [0.1, 0.15) is 5.60 Å². The second-order valence-electron chi connectivity index (χ2n) is 5.21. The Morgan fingerprint density at radius 2 is 1.69 bits per heavy atom. The zero-order valence-electron chi connectivity index (χ0n) is 10.5. The number of nitrogens with one attached hydrogen (secondary N) is 2. The summed E-state index contributed by atoms with van der Waals surface area (Å²) >= 11 is 0. The van der Waals surface area contributed by atoms with Gasteiger partial charge in [-0.15, -0.1) is 0 Å². The van der Waals surface area contributed by atoms with Crippen LogP contribution in [0.4, 0.5) is 4.79 Å². The number of hydrogen-bond acceptors (Lipinski definition) is 4. The predicted molar refractivity (Wildman–Crippen MR) is 60.3 cm³/mol. The van der Waals surface area contributed by atoms with Crippen molar-refractivity contribution >= 4 is 12.0 Å². The molecule has 0 fully saturated rings. The van der Waals surface area contributed by atoms with E-state index in [-0.39, 0.29) is 12.5 Å². The van der Waals surface area contributed by atoms with E-state index in [1.54, 1.807) is 34.6 Å². The summed E-state index contributed by atoms with van der Waals surface area (Å²) in [6.07, 6.45) is -0.551. The highest BCUT2D eigenvalue weighted by atomic mass is 16.6. The summed E-state index contributed by atoms with van der Waals surface area (Å²) < 4.78 is 5.03. The van der Waals surface area contributed by atoms with Crippen molar-refractivity contribution in [2.75, 3.05) is 6.54 Å². The van der Waals surface area contributed by atoms with Crippen molar-refractivity contribution in [3.8, 4) is 0 Å². The SMILES string of the molecule is CC(C)(C)OC(=O)NCC(C)(C)C(=O)NN. The zero-order valence-corrected chi connectivity index (χ0v) is 10.5. The number of nitrogens with two attached hydrogens (primary N) is 1. The molecule has 0 radical (unpaired) electrons. The Morgan fingerprint density at radius 1 is 1.19 bits per heavy atom. The molecule has 16 heavy (non-hydrogen) atoms. The number of carbonyl (C=O) groups is 2. The molecule has 0 aromatic heterocycles. The molecule has 0 saturated carbocycles. The number of alkyl carbamates (subject to hydrolysis) is 1. The first kappa shape index (κ1) is 14.7. The molecular formula is C10H21N3O3. The van der Waals surface area contributed by atoms with Crippen molar-refractivity contribution in [3.05, 3.63) is 0 Å². The van der Waals surface area contributed by atoms with Crippen LogP contribution in [0.2, 0.25) is 0 Å². The summed E-state index contributed by atoms with van der Waals surface area (Å²) in [4.78, 5) is 22.6. The van der Waals surface area contributed by atoms with Gasteiger partial charge in [-0.2, -0.15) is 0 Å². The van der Waals surface area contributed by atoms with Gasteiger partial charge in [-0.1, -0.05) is 0 Å². The third-order valence-corrected chi connectivity index (χ3v) is 1.82. The molecule has 6 nitrogen and oxygen atoms in total. The fraction of sp³-hybridized carbons (Fsp3) is 0.800. The van der Waals surface area contributed by atoms with Crippen molar-refractivity contribution < 1.29 is 14.3 Å². The molecule has 2 amide bonds. The summed E-state index contributed by atoms with van der Waals surface area (Å²) in [5.74, 6) is 4.68. The van der Waals surface area contributed by atoms with Crippen LogP contribution in [-0.2, 0) is 9.53 Å². The summed E-state index contributed by atoms with van der Waals surface area (Å²) in [5, 5.41) is 2.52. The van der Waals surface area contributed by atoms with E-state index in [1.807, 2.05) is 5.43 Å². The van der Waals surface area contributed by atoms with Crippen molar-refractivity contribution in [3.63, 3.8) is 0 Å². The molecule has 4 N–H and O–H groups in total. The van der Waals surface area contributed by atoms with Gasteiger partial charge >= 0.3 is 6.09 Å². The fourth-order valence-electron chi connectivity index (χ4n) is 0.883. The number of hydrazine groups is 1. The molecule has 0 aromatic carbocycles. The number of carbonyl (C=O) groups excluding carboxylic acids is 2. The van der Waals surface area contributed by atoms with E-state index >= 15 is 0 Å². The first-order chi connectivity index (χ1) is 7.08. The molecule has 0 heterocycles. The monoisotopic (exact) mass is 231 g/mol. The summed E-state index contributed by atoms with van der Waals surface area (Å²) in [6.45, 7) is 8.81. The second-order valence-corrected chi connectivity index (χ2v) is 5.21. The van der Waals surface area contributed by atoms with E-state index in [0.29, 0.717) is 0 Å². The maximum atomic E-state index is 11.3. The molecule has 0 atom stereocenters. The molecular weight excluding hydrogens is 210 g/mol. The van der Waals surface area contributed by atoms with Gasteiger partial charge in [0, 0.05) is 6.54 Å². The van der Waals surface area contributed by atoms with Gasteiger partial charge in [0.15, 0.2) is 0 Å². The molecule has 0 aliphatic heterocycles. The fourth-order valence-corrected chi connectivity index (χ4v) is 0.883. The lowest BCUT2D eigenvalue weighted by molar-refractivity contribution is -0.129. The number of hydrogen-bond donors (Lipinski definition) is 3. The topological polar surface area (TPSA) is 93.4 Å². The lowest BCUT2D eigenvalue weighted by atomic mass is 9.93. The average Bonchev–Trinajstić information content (AvgIpc) is 2.11. The number of ether oxygens (including phenoxy) is 1. The second kappa shape index (κ2) is 5.16. The first-order valence-corrected chi connectivity index (χ1v) is 5.06. The van der Waals surface area contributed by atoms with Gasteiger partial charge in [0.05, 0.1) is 5.41 Å². The van der Waals surface area contributed by atoms with Crippen LogP contribution in [0.1, 0.15) is 34.6 Å². The molecule has 94 valence electrons. The maximum absolute atomic E-state index is 11.3. The third-order valence-electron chi connectivity index (χ3n) is 1.82. The minimum Gasteiger partial charge on any atom is -0.444 e. The molecule has 0 rings (SSSR count). The number of amides is 2. The molecule has 0 aliphatic carbocycles. The largest absolute Gasteiger partial charge is 0.444 e.